The number of unbranched alkanes of at least 4 members (excludes halogenated alkanes) is 1. The largest absolute Gasteiger partial charge is 0.490 e. The molecule has 0 bridgehead atoms. The molecule has 0 fully saturated rings. The number of carboxylic acids is 1. The van der Waals surface area contributed by atoms with E-state index in [9.17, 15) is 36.7 Å². The van der Waals surface area contributed by atoms with Crippen LogP contribution in [0.3, 0.4) is 0 Å². The van der Waals surface area contributed by atoms with E-state index in [1.165, 1.54) is 32.0 Å². The van der Waals surface area contributed by atoms with Gasteiger partial charge in [0.2, 0.25) is 11.8 Å². The van der Waals surface area contributed by atoms with Crippen LogP contribution in [0.1, 0.15) is 81.7 Å². The molecule has 0 aliphatic rings. The number of ether oxygens (including phenoxy) is 3. The number of carbonyl (C=O) groups is 4. The first-order valence-corrected chi connectivity index (χ1v) is 15.4. The van der Waals surface area contributed by atoms with Crippen molar-refractivity contribution in [2.24, 2.45) is 0 Å². The summed E-state index contributed by atoms with van der Waals surface area (Å²) >= 11 is 0. The lowest BCUT2D eigenvalue weighted by Gasteiger charge is -2.21. The number of aliphatic carboxylic acids is 1. The highest BCUT2D eigenvalue weighted by Crippen LogP contribution is 2.35. The van der Waals surface area contributed by atoms with Crippen molar-refractivity contribution in [2.75, 3.05) is 6.61 Å². The van der Waals surface area contributed by atoms with Crippen molar-refractivity contribution in [3.8, 4) is 23.0 Å². The number of oxazole rings is 1. The summed E-state index contributed by atoms with van der Waals surface area (Å²) in [7, 11) is 0. The van der Waals surface area contributed by atoms with E-state index in [1.54, 1.807) is 20.8 Å². The van der Waals surface area contributed by atoms with Crippen LogP contribution in [-0.4, -0.2) is 58.8 Å². The fraction of sp³-hybridized carbons (Fsp3) is 0.424. The van der Waals surface area contributed by atoms with Gasteiger partial charge in [-0.25, -0.2) is 18.6 Å². The second-order valence-electron chi connectivity index (χ2n) is 12.0. The molecule has 0 aliphatic carbocycles. The molecule has 272 valence electrons. The molecule has 13 nitrogen and oxygen atoms in total. The number of hydrogen-bond acceptors (Lipinski definition) is 9. The highest BCUT2D eigenvalue weighted by Gasteiger charge is 2.28. The lowest BCUT2D eigenvalue weighted by molar-refractivity contribution is -0.141. The molecule has 50 heavy (non-hydrogen) atoms. The van der Waals surface area contributed by atoms with E-state index in [1.807, 2.05) is 0 Å². The van der Waals surface area contributed by atoms with E-state index >= 15 is 0 Å². The van der Waals surface area contributed by atoms with Crippen LogP contribution in [0.4, 0.5) is 22.4 Å². The lowest BCUT2D eigenvalue weighted by atomic mass is 10.1. The number of rotatable bonds is 16. The Bertz CT molecular complexity index is 1680. The summed E-state index contributed by atoms with van der Waals surface area (Å²) in [5, 5.41) is 16.3. The summed E-state index contributed by atoms with van der Waals surface area (Å²) in [6.45, 7) is 4.16. The molecule has 3 amide bonds. The topological polar surface area (TPSA) is 178 Å². The highest BCUT2D eigenvalue weighted by molar-refractivity contribution is 5.94. The molecule has 17 heteroatoms. The summed E-state index contributed by atoms with van der Waals surface area (Å²) in [5.74, 6) is -5.00. The van der Waals surface area contributed by atoms with E-state index < -0.39 is 59.8 Å². The maximum absolute atomic E-state index is 14.2. The van der Waals surface area contributed by atoms with Gasteiger partial charge in [0.1, 0.15) is 23.3 Å². The van der Waals surface area contributed by atoms with Gasteiger partial charge in [-0.15, -0.1) is 0 Å². The molecular weight excluding hydrogens is 672 g/mol. The normalized spacial score (nSPS) is 12.5. The Labute approximate surface area is 284 Å². The van der Waals surface area contributed by atoms with E-state index in [2.05, 4.69) is 25.7 Å². The number of halogens is 4. The van der Waals surface area contributed by atoms with Crippen molar-refractivity contribution >= 4 is 23.9 Å². The molecule has 0 radical (unpaired) electrons. The monoisotopic (exact) mass is 710 g/mol. The fourth-order valence-electron chi connectivity index (χ4n) is 4.28. The Hall–Kier alpha value is -5.35. The molecule has 1 aromatic heterocycles. The van der Waals surface area contributed by atoms with Gasteiger partial charge in [-0.1, -0.05) is 6.07 Å². The minimum atomic E-state index is -3.20. The third-order valence-corrected chi connectivity index (χ3v) is 6.66. The summed E-state index contributed by atoms with van der Waals surface area (Å²) in [6.07, 6.45) is -0.270. The van der Waals surface area contributed by atoms with Crippen molar-refractivity contribution in [2.45, 2.75) is 84.7 Å². The number of alkyl halides is 2. The van der Waals surface area contributed by atoms with Crippen molar-refractivity contribution in [1.29, 1.82) is 0 Å². The molecule has 0 saturated heterocycles. The van der Waals surface area contributed by atoms with Crippen LogP contribution in [0.5, 0.6) is 11.5 Å². The summed E-state index contributed by atoms with van der Waals surface area (Å²) in [5.41, 5.74) is -1.02. The first-order chi connectivity index (χ1) is 23.4. The summed E-state index contributed by atoms with van der Waals surface area (Å²) < 4.78 is 75.3. The quantitative estimate of drug-likeness (QED) is 0.104. The number of nitrogens with one attached hydrogen (secondary N) is 3. The second kappa shape index (κ2) is 17.3. The number of nitrogens with zero attached hydrogens (tertiary/aromatic N) is 1. The van der Waals surface area contributed by atoms with Crippen molar-refractivity contribution in [3.05, 3.63) is 65.1 Å². The lowest BCUT2D eigenvalue weighted by Crippen LogP contribution is -2.38. The third-order valence-electron chi connectivity index (χ3n) is 6.66. The van der Waals surface area contributed by atoms with Gasteiger partial charge in [-0.3, -0.25) is 14.4 Å². The SMILES string of the molecule is C[C@H](NC(=O)CCCCOc1cc(-c2nc(C(=O)NCc3ccc(F)cc3F)c([C@H](C)NC(=O)OC(C)(C)C)o2)ccc1OC(F)F)C(=O)O. The molecule has 3 rings (SSSR count). The maximum atomic E-state index is 14.2. The average Bonchev–Trinajstić information content (AvgIpc) is 3.46. The first-order valence-electron chi connectivity index (χ1n) is 15.4. The minimum Gasteiger partial charge on any atom is -0.490 e. The second-order valence-corrected chi connectivity index (χ2v) is 12.0. The van der Waals surface area contributed by atoms with Crippen LogP contribution in [0.15, 0.2) is 40.8 Å². The van der Waals surface area contributed by atoms with E-state index in [0.717, 1.165) is 12.1 Å². The average molecular weight is 711 g/mol. The number of aromatic nitrogens is 1. The van der Waals surface area contributed by atoms with Gasteiger partial charge in [0.05, 0.1) is 12.6 Å². The Kier molecular flexibility index (Phi) is 13.6. The molecular formula is C33H38F4N4O9. The zero-order valence-corrected chi connectivity index (χ0v) is 27.9. The van der Waals surface area contributed by atoms with Gasteiger partial charge in [-0.05, 0) is 71.7 Å². The van der Waals surface area contributed by atoms with Gasteiger partial charge < -0.3 is 39.7 Å². The van der Waals surface area contributed by atoms with Gasteiger partial charge in [-0.2, -0.15) is 8.78 Å². The highest BCUT2D eigenvalue weighted by atomic mass is 19.3. The van der Waals surface area contributed by atoms with Gasteiger partial charge in [0, 0.05) is 30.2 Å². The Morgan fingerprint density at radius 1 is 0.980 bits per heavy atom. The molecule has 0 saturated carbocycles. The van der Waals surface area contributed by atoms with Gasteiger partial charge >= 0.3 is 18.7 Å². The predicted molar refractivity (Wildman–Crippen MR) is 168 cm³/mol. The zero-order valence-electron chi connectivity index (χ0n) is 27.9. The Morgan fingerprint density at radius 3 is 2.34 bits per heavy atom. The van der Waals surface area contributed by atoms with E-state index in [0.29, 0.717) is 6.07 Å². The van der Waals surface area contributed by atoms with Crippen molar-refractivity contribution in [3.63, 3.8) is 0 Å². The van der Waals surface area contributed by atoms with Crippen LogP contribution >= 0.6 is 0 Å². The molecule has 0 aliphatic heterocycles. The predicted octanol–water partition coefficient (Wildman–Crippen LogP) is 5.88. The first kappa shape index (κ1) is 39.1. The molecule has 2 atom stereocenters. The molecule has 3 aromatic rings. The number of carbonyl (C=O) groups excluding carboxylic acids is 3. The zero-order chi connectivity index (χ0) is 37.2. The van der Waals surface area contributed by atoms with E-state index in [4.69, 9.17) is 19.0 Å². The van der Waals surface area contributed by atoms with Crippen molar-refractivity contribution < 1.29 is 60.5 Å². The summed E-state index contributed by atoms with van der Waals surface area (Å²) in [6, 6.07) is 4.54. The Balaban J connectivity index is 1.86. The van der Waals surface area contributed by atoms with Crippen molar-refractivity contribution in [1.82, 2.24) is 20.9 Å². The standard InChI is InChI=1S/C33H38F4N4O9/c1-17(40-32(46)50-33(3,4)5)27-26(28(43)38-16-20-9-11-21(34)15-22(20)35)41-29(49-27)19-10-12-23(48-31(36)37)24(14-19)47-13-7-6-8-25(42)39-18(2)30(44)45/h9-12,14-15,17-18,31H,6-8,13,16H2,1-5H3,(H,38,43)(H,39,42)(H,40,46)(H,44,45)/t17-,18-/m0/s1. The number of alkyl carbamates (subject to hydrolysis) is 1. The molecule has 0 unspecified atom stereocenters. The van der Waals surface area contributed by atoms with Crippen LogP contribution in [0.25, 0.3) is 11.5 Å². The molecule has 4 N–H and O–H groups in total. The van der Waals surface area contributed by atoms with Crippen LogP contribution < -0.4 is 25.4 Å². The van der Waals surface area contributed by atoms with Crippen LogP contribution in [0, 0.1) is 11.6 Å². The molecule has 2 aromatic carbocycles. The number of benzene rings is 2. The van der Waals surface area contributed by atoms with Gasteiger partial charge in [0.15, 0.2) is 23.0 Å². The molecule has 0 spiro atoms. The number of amides is 3. The fourth-order valence-corrected chi connectivity index (χ4v) is 4.28. The summed E-state index contributed by atoms with van der Waals surface area (Å²) in [4.78, 5) is 52.9. The maximum Gasteiger partial charge on any atom is 0.408 e. The smallest absolute Gasteiger partial charge is 0.408 e. The minimum absolute atomic E-state index is 0.00530. The van der Waals surface area contributed by atoms with Crippen LogP contribution in [-0.2, 0) is 20.9 Å². The Morgan fingerprint density at radius 2 is 1.70 bits per heavy atom. The van der Waals surface area contributed by atoms with E-state index in [-0.39, 0.29) is 72.4 Å². The number of carboxylic acid groups (broad SMARTS) is 1. The third kappa shape index (κ3) is 12.0. The number of hydrogen-bond donors (Lipinski definition) is 4. The van der Waals surface area contributed by atoms with Crippen LogP contribution in [0.2, 0.25) is 0 Å². The molecule has 1 heterocycles. The van der Waals surface area contributed by atoms with Gasteiger partial charge in [0.25, 0.3) is 5.91 Å².